The third-order valence-corrected chi connectivity index (χ3v) is 5.76. The number of thiazole rings is 1. The summed E-state index contributed by atoms with van der Waals surface area (Å²) < 4.78 is 0. The highest BCUT2D eigenvalue weighted by molar-refractivity contribution is 7.11. The molecule has 0 radical (unpaired) electrons. The Hall–Kier alpha value is -1.72. The number of nitrogens with zero attached hydrogens (tertiary/aromatic N) is 2. The van der Waals surface area contributed by atoms with E-state index in [2.05, 4.69) is 51.0 Å². The molecule has 2 aromatic rings. The number of rotatable bonds is 6. The molecule has 0 aliphatic rings. The van der Waals surface area contributed by atoms with E-state index in [1.54, 1.807) is 11.3 Å². The first-order valence-corrected chi connectivity index (χ1v) is 9.14. The maximum absolute atomic E-state index is 11.4. The number of hydrogen-bond acceptors (Lipinski definition) is 4. The molecule has 4 nitrogen and oxygen atoms in total. The highest BCUT2D eigenvalue weighted by atomic mass is 32.1. The van der Waals surface area contributed by atoms with Gasteiger partial charge in [-0.05, 0) is 32.5 Å². The van der Waals surface area contributed by atoms with Crippen molar-refractivity contribution >= 4 is 22.9 Å². The van der Waals surface area contributed by atoms with Crippen molar-refractivity contribution in [3.63, 3.8) is 0 Å². The fourth-order valence-corrected chi connectivity index (χ4v) is 3.83. The van der Waals surface area contributed by atoms with Crippen LogP contribution in [0.1, 0.15) is 60.8 Å². The molecule has 2 rings (SSSR count). The SMILES string of the molecule is CC(=O)Nc1ccccc1CN(C)[C@@H](C)c1sc(C(C)C)nc1C. The molecule has 5 heteroatoms. The summed E-state index contributed by atoms with van der Waals surface area (Å²) in [6.07, 6.45) is 0. The maximum Gasteiger partial charge on any atom is 0.221 e. The Balaban J connectivity index is 2.18. The fraction of sp³-hybridized carbons (Fsp3) is 0.474. The topological polar surface area (TPSA) is 45.2 Å². The number of carbonyl (C=O) groups excluding carboxylic acids is 1. The van der Waals surface area contributed by atoms with Gasteiger partial charge >= 0.3 is 0 Å². The Morgan fingerprint density at radius 2 is 1.96 bits per heavy atom. The molecule has 0 spiro atoms. The van der Waals surface area contributed by atoms with Crippen LogP contribution in [-0.2, 0) is 11.3 Å². The van der Waals surface area contributed by atoms with E-state index in [1.165, 1.54) is 16.8 Å². The summed E-state index contributed by atoms with van der Waals surface area (Å²) in [6.45, 7) is 11.0. The van der Waals surface area contributed by atoms with Gasteiger partial charge in [0.05, 0.1) is 10.7 Å². The minimum atomic E-state index is -0.0435. The summed E-state index contributed by atoms with van der Waals surface area (Å²) in [5.41, 5.74) is 3.12. The van der Waals surface area contributed by atoms with Crippen LogP contribution < -0.4 is 5.32 Å². The molecule has 1 N–H and O–H groups in total. The van der Waals surface area contributed by atoms with E-state index in [0.29, 0.717) is 5.92 Å². The summed E-state index contributed by atoms with van der Waals surface area (Å²) in [5, 5.41) is 4.11. The summed E-state index contributed by atoms with van der Waals surface area (Å²) >= 11 is 1.81. The van der Waals surface area contributed by atoms with E-state index in [0.717, 1.165) is 23.5 Å². The van der Waals surface area contributed by atoms with Gasteiger partial charge in [0, 0.05) is 36.0 Å². The van der Waals surface area contributed by atoms with Gasteiger partial charge < -0.3 is 5.32 Å². The summed E-state index contributed by atoms with van der Waals surface area (Å²) in [7, 11) is 2.11. The monoisotopic (exact) mass is 345 g/mol. The van der Waals surface area contributed by atoms with Gasteiger partial charge in [-0.2, -0.15) is 0 Å². The zero-order valence-electron chi connectivity index (χ0n) is 15.4. The van der Waals surface area contributed by atoms with Gasteiger partial charge in [-0.15, -0.1) is 11.3 Å². The number of anilines is 1. The largest absolute Gasteiger partial charge is 0.326 e. The second-order valence-electron chi connectivity index (χ2n) is 6.59. The van der Waals surface area contributed by atoms with E-state index >= 15 is 0 Å². The van der Waals surface area contributed by atoms with Crippen molar-refractivity contribution in [2.24, 2.45) is 0 Å². The van der Waals surface area contributed by atoms with Gasteiger partial charge in [-0.3, -0.25) is 9.69 Å². The van der Waals surface area contributed by atoms with Gasteiger partial charge in [-0.1, -0.05) is 32.0 Å². The van der Waals surface area contributed by atoms with Crippen LogP contribution in [0.4, 0.5) is 5.69 Å². The van der Waals surface area contributed by atoms with Crippen molar-refractivity contribution in [2.45, 2.75) is 53.1 Å². The van der Waals surface area contributed by atoms with Crippen molar-refractivity contribution in [3.8, 4) is 0 Å². The van der Waals surface area contributed by atoms with Crippen molar-refractivity contribution in [2.75, 3.05) is 12.4 Å². The van der Waals surface area contributed by atoms with Gasteiger partial charge in [-0.25, -0.2) is 4.98 Å². The van der Waals surface area contributed by atoms with Crippen molar-refractivity contribution in [3.05, 3.63) is 45.4 Å². The van der Waals surface area contributed by atoms with Crippen molar-refractivity contribution < 1.29 is 4.79 Å². The number of benzene rings is 1. The van der Waals surface area contributed by atoms with E-state index in [-0.39, 0.29) is 11.9 Å². The van der Waals surface area contributed by atoms with E-state index in [9.17, 15) is 4.79 Å². The van der Waals surface area contributed by atoms with Crippen LogP contribution in [0.5, 0.6) is 0 Å². The predicted molar refractivity (Wildman–Crippen MR) is 102 cm³/mol. The van der Waals surface area contributed by atoms with Crippen molar-refractivity contribution in [1.82, 2.24) is 9.88 Å². The zero-order chi connectivity index (χ0) is 17.9. The lowest BCUT2D eigenvalue weighted by molar-refractivity contribution is -0.114. The minimum Gasteiger partial charge on any atom is -0.326 e. The molecule has 0 aliphatic heterocycles. The second kappa shape index (κ2) is 7.90. The highest BCUT2D eigenvalue weighted by Gasteiger charge is 2.20. The molecule has 0 unspecified atom stereocenters. The Kier molecular flexibility index (Phi) is 6.13. The van der Waals surface area contributed by atoms with Gasteiger partial charge in [0.1, 0.15) is 0 Å². The molecule has 0 saturated heterocycles. The van der Waals surface area contributed by atoms with Crippen LogP contribution in [0.3, 0.4) is 0 Å². The molecular formula is C19H27N3OS. The predicted octanol–water partition coefficient (Wildman–Crippen LogP) is 4.73. The molecule has 1 aromatic carbocycles. The third kappa shape index (κ3) is 4.42. The van der Waals surface area contributed by atoms with E-state index in [1.807, 2.05) is 18.2 Å². The summed E-state index contributed by atoms with van der Waals surface area (Å²) in [5.74, 6) is 0.415. The minimum absolute atomic E-state index is 0.0435. The lowest BCUT2D eigenvalue weighted by Gasteiger charge is -2.25. The molecule has 130 valence electrons. The number of carbonyl (C=O) groups is 1. The van der Waals surface area contributed by atoms with Gasteiger partial charge in [0.2, 0.25) is 5.91 Å². The van der Waals surface area contributed by atoms with Gasteiger partial charge in [0.25, 0.3) is 0 Å². The summed E-state index contributed by atoms with van der Waals surface area (Å²) in [6, 6.07) is 8.24. The molecule has 0 bridgehead atoms. The number of hydrogen-bond donors (Lipinski definition) is 1. The highest BCUT2D eigenvalue weighted by Crippen LogP contribution is 2.32. The Labute approximate surface area is 148 Å². The molecule has 0 saturated carbocycles. The first-order chi connectivity index (χ1) is 11.3. The Bertz CT molecular complexity index is 708. The molecule has 1 aromatic heterocycles. The number of para-hydroxylation sites is 1. The average molecular weight is 346 g/mol. The lowest BCUT2D eigenvalue weighted by Crippen LogP contribution is -2.22. The standard InChI is InChI=1S/C19H27N3OS/c1-12(2)19-20-13(3)18(24-19)14(4)22(6)11-16-9-7-8-10-17(16)21-15(5)23/h7-10,12,14H,11H2,1-6H3,(H,21,23)/t14-/m0/s1. The lowest BCUT2D eigenvalue weighted by atomic mass is 10.1. The first kappa shape index (κ1) is 18.6. The van der Waals surface area contributed by atoms with E-state index < -0.39 is 0 Å². The third-order valence-electron chi connectivity index (χ3n) is 4.13. The fourth-order valence-electron chi connectivity index (χ4n) is 2.64. The zero-order valence-corrected chi connectivity index (χ0v) is 16.2. The quantitative estimate of drug-likeness (QED) is 0.823. The van der Waals surface area contributed by atoms with Crippen LogP contribution >= 0.6 is 11.3 Å². The van der Waals surface area contributed by atoms with Gasteiger partial charge in [0.15, 0.2) is 0 Å². The first-order valence-electron chi connectivity index (χ1n) is 8.32. The second-order valence-corrected chi connectivity index (χ2v) is 7.65. The average Bonchev–Trinajstić information content (AvgIpc) is 2.90. The molecule has 0 aliphatic carbocycles. The summed E-state index contributed by atoms with van der Waals surface area (Å²) in [4.78, 5) is 19.7. The van der Waals surface area contributed by atoms with Crippen LogP contribution in [0, 0.1) is 6.92 Å². The smallest absolute Gasteiger partial charge is 0.221 e. The number of aromatic nitrogens is 1. The maximum atomic E-state index is 11.4. The molecule has 24 heavy (non-hydrogen) atoms. The molecule has 1 amide bonds. The Morgan fingerprint density at radius 3 is 2.54 bits per heavy atom. The molecule has 1 heterocycles. The number of aryl methyl sites for hydroxylation is 1. The molecular weight excluding hydrogens is 318 g/mol. The van der Waals surface area contributed by atoms with Crippen LogP contribution in [0.2, 0.25) is 0 Å². The van der Waals surface area contributed by atoms with Crippen LogP contribution in [0.25, 0.3) is 0 Å². The van der Waals surface area contributed by atoms with Crippen LogP contribution in [0.15, 0.2) is 24.3 Å². The molecule has 0 fully saturated rings. The number of nitrogens with one attached hydrogen (secondary N) is 1. The number of amides is 1. The molecule has 1 atom stereocenters. The Morgan fingerprint density at radius 1 is 1.29 bits per heavy atom. The normalized spacial score (nSPS) is 12.7. The van der Waals surface area contributed by atoms with Crippen LogP contribution in [-0.4, -0.2) is 22.8 Å². The van der Waals surface area contributed by atoms with Crippen molar-refractivity contribution in [1.29, 1.82) is 0 Å². The van der Waals surface area contributed by atoms with E-state index in [4.69, 9.17) is 4.98 Å².